The molecule has 0 aliphatic carbocycles. The summed E-state index contributed by atoms with van der Waals surface area (Å²) in [4.78, 5) is 17.4. The molecular weight excluding hydrogens is 526 g/mol. The molecule has 11 heteroatoms. The molecule has 0 N–H and O–H groups in total. The van der Waals surface area contributed by atoms with Crippen molar-refractivity contribution in [1.29, 1.82) is 0 Å². The quantitative estimate of drug-likeness (QED) is 0.452. The minimum Gasteiger partial charge on any atom is -0.379 e. The molecule has 5 atom stereocenters. The number of morpholine rings is 1. The first-order chi connectivity index (χ1) is 18.3. The Labute approximate surface area is 222 Å². The number of rotatable bonds is 5. The van der Waals surface area contributed by atoms with Crippen LogP contribution in [0.2, 0.25) is 0 Å². The third-order valence-corrected chi connectivity index (χ3v) is 8.12. The van der Waals surface area contributed by atoms with Gasteiger partial charge in [-0.05, 0) is 55.2 Å². The number of hydrogen-bond donors (Lipinski definition) is 0. The molecule has 5 rings (SSSR count). The molecule has 212 valence electrons. The van der Waals surface area contributed by atoms with Crippen molar-refractivity contribution >= 4 is 5.91 Å². The second-order valence-electron chi connectivity index (χ2n) is 10.5. The molecule has 3 heterocycles. The molecule has 0 bridgehead atoms. The number of halogens is 6. The van der Waals surface area contributed by atoms with Crippen molar-refractivity contribution < 1.29 is 40.6 Å². The number of amides is 1. The predicted molar refractivity (Wildman–Crippen MR) is 130 cm³/mol. The van der Waals surface area contributed by atoms with E-state index in [1.807, 2.05) is 31.2 Å². The molecule has 1 amide bonds. The molecule has 39 heavy (non-hydrogen) atoms. The summed E-state index contributed by atoms with van der Waals surface area (Å²) in [5.41, 5.74) is -1.04. The number of hydrogen-bond acceptors (Lipinski definition) is 4. The third-order valence-electron chi connectivity index (χ3n) is 8.12. The van der Waals surface area contributed by atoms with Gasteiger partial charge in [-0.1, -0.05) is 24.3 Å². The number of alkyl halides is 6. The normalized spacial score (nSPS) is 27.2. The van der Waals surface area contributed by atoms with Gasteiger partial charge in [0.15, 0.2) is 0 Å². The van der Waals surface area contributed by atoms with Gasteiger partial charge in [-0.2, -0.15) is 26.3 Å². The van der Waals surface area contributed by atoms with E-state index in [0.717, 1.165) is 11.1 Å². The van der Waals surface area contributed by atoms with Crippen LogP contribution < -0.4 is 0 Å². The van der Waals surface area contributed by atoms with Crippen LogP contribution in [0.15, 0.2) is 42.5 Å². The number of ether oxygens (including phenoxy) is 2. The van der Waals surface area contributed by atoms with Crippen molar-refractivity contribution in [2.24, 2.45) is 0 Å². The first kappa shape index (κ1) is 27.9. The van der Waals surface area contributed by atoms with Crippen LogP contribution >= 0.6 is 0 Å². The Morgan fingerprint density at radius 2 is 1.59 bits per heavy atom. The maximum Gasteiger partial charge on any atom is 0.416 e. The Kier molecular flexibility index (Phi) is 7.45. The lowest BCUT2D eigenvalue weighted by molar-refractivity contribution is -0.143. The smallest absolute Gasteiger partial charge is 0.379 e. The van der Waals surface area contributed by atoms with E-state index in [9.17, 15) is 31.1 Å². The predicted octanol–water partition coefficient (Wildman–Crippen LogP) is 5.58. The van der Waals surface area contributed by atoms with Gasteiger partial charge in [-0.25, -0.2) is 0 Å². The fourth-order valence-corrected chi connectivity index (χ4v) is 6.18. The van der Waals surface area contributed by atoms with Gasteiger partial charge in [0.05, 0.1) is 42.6 Å². The first-order valence-electron chi connectivity index (χ1n) is 13.0. The third kappa shape index (κ3) is 5.53. The van der Waals surface area contributed by atoms with Crippen molar-refractivity contribution in [3.63, 3.8) is 0 Å². The van der Waals surface area contributed by atoms with Gasteiger partial charge in [-0.3, -0.25) is 9.69 Å². The van der Waals surface area contributed by atoms with Gasteiger partial charge in [0, 0.05) is 31.6 Å². The van der Waals surface area contributed by atoms with Crippen molar-refractivity contribution in [3.05, 3.63) is 70.3 Å². The standard InChI is InChI=1S/C28H30F6N2O3/c1-16-5-3-4-6-21(16)25-22-14-23(35-7-9-38-10-8-35)26(37)36(22)15-24(25)39-17(2)18-11-19(27(29,30)31)13-20(12-18)28(32,33)34/h3-6,11-13,17,22-25H,7-10,14-15H2,1-2H3/t17-,22+,23?,24+,25+/m1/s1. The molecule has 0 radical (unpaired) electrons. The molecule has 0 spiro atoms. The summed E-state index contributed by atoms with van der Waals surface area (Å²) in [6.07, 6.45) is -11.0. The summed E-state index contributed by atoms with van der Waals surface area (Å²) in [6.45, 7) is 6.01. The number of benzene rings is 2. The van der Waals surface area contributed by atoms with Crippen LogP contribution in [0.3, 0.4) is 0 Å². The van der Waals surface area contributed by atoms with Gasteiger partial charge >= 0.3 is 12.4 Å². The summed E-state index contributed by atoms with van der Waals surface area (Å²) in [6, 6.07) is 8.70. The molecule has 0 aromatic heterocycles. The topological polar surface area (TPSA) is 42.0 Å². The average Bonchev–Trinajstić information content (AvgIpc) is 3.39. The van der Waals surface area contributed by atoms with Crippen molar-refractivity contribution in [2.75, 3.05) is 32.8 Å². The fourth-order valence-electron chi connectivity index (χ4n) is 6.18. The van der Waals surface area contributed by atoms with Crippen LogP contribution in [0.25, 0.3) is 0 Å². The van der Waals surface area contributed by atoms with Crippen LogP contribution in [0, 0.1) is 6.92 Å². The summed E-state index contributed by atoms with van der Waals surface area (Å²) in [7, 11) is 0. The van der Waals surface area contributed by atoms with Crippen molar-refractivity contribution in [1.82, 2.24) is 9.80 Å². The number of carbonyl (C=O) groups excluding carboxylic acids is 1. The highest BCUT2D eigenvalue weighted by Gasteiger charge is 2.54. The van der Waals surface area contributed by atoms with Gasteiger partial charge in [-0.15, -0.1) is 0 Å². The molecule has 2 aromatic rings. The largest absolute Gasteiger partial charge is 0.416 e. The molecule has 1 unspecified atom stereocenters. The Morgan fingerprint density at radius 3 is 2.18 bits per heavy atom. The van der Waals surface area contributed by atoms with Gasteiger partial charge in [0.1, 0.15) is 0 Å². The minimum atomic E-state index is -4.95. The van der Waals surface area contributed by atoms with Crippen LogP contribution in [0.5, 0.6) is 0 Å². The van der Waals surface area contributed by atoms with Crippen LogP contribution in [-0.2, 0) is 26.6 Å². The van der Waals surface area contributed by atoms with E-state index in [-0.39, 0.29) is 42.1 Å². The highest BCUT2D eigenvalue weighted by atomic mass is 19.4. The van der Waals surface area contributed by atoms with Gasteiger partial charge in [0.2, 0.25) is 5.91 Å². The SMILES string of the molecule is Cc1ccccc1[C@@H]1[C@@H](O[C@H](C)c2cc(C(F)(F)F)cc(C(F)(F)F)c2)CN2C(=O)C(N3CCOCC3)C[C@@H]12. The number of carbonyl (C=O) groups is 1. The average molecular weight is 557 g/mol. The van der Waals surface area contributed by atoms with E-state index in [0.29, 0.717) is 44.9 Å². The Morgan fingerprint density at radius 1 is 0.974 bits per heavy atom. The molecule has 3 fully saturated rings. The van der Waals surface area contributed by atoms with E-state index < -0.39 is 35.7 Å². The van der Waals surface area contributed by atoms with Crippen molar-refractivity contribution in [2.45, 2.75) is 62.8 Å². The Hall–Kier alpha value is -2.63. The lowest BCUT2D eigenvalue weighted by Gasteiger charge is -2.32. The van der Waals surface area contributed by atoms with E-state index in [4.69, 9.17) is 9.47 Å². The number of fused-ring (bicyclic) bond motifs is 1. The minimum absolute atomic E-state index is 0.0299. The van der Waals surface area contributed by atoms with E-state index >= 15 is 0 Å². The highest BCUT2D eigenvalue weighted by Crippen LogP contribution is 2.46. The fraction of sp³-hybridized carbons (Fsp3) is 0.536. The number of aryl methyl sites for hydroxylation is 1. The maximum absolute atomic E-state index is 13.5. The molecule has 2 aromatic carbocycles. The number of nitrogens with zero attached hydrogens (tertiary/aromatic N) is 2. The lowest BCUT2D eigenvalue weighted by atomic mass is 9.85. The molecule has 5 nitrogen and oxygen atoms in total. The monoisotopic (exact) mass is 556 g/mol. The molecule has 0 saturated carbocycles. The molecular formula is C28H30F6N2O3. The van der Waals surface area contributed by atoms with Crippen LogP contribution in [0.4, 0.5) is 26.3 Å². The second-order valence-corrected chi connectivity index (χ2v) is 10.5. The molecule has 3 aliphatic rings. The van der Waals surface area contributed by atoms with Gasteiger partial charge < -0.3 is 14.4 Å². The maximum atomic E-state index is 13.5. The lowest BCUT2D eigenvalue weighted by Crippen LogP contribution is -2.47. The Bertz CT molecular complexity index is 1180. The zero-order chi connectivity index (χ0) is 28.1. The van der Waals surface area contributed by atoms with Gasteiger partial charge in [0.25, 0.3) is 0 Å². The zero-order valence-corrected chi connectivity index (χ0v) is 21.6. The van der Waals surface area contributed by atoms with E-state index in [1.54, 1.807) is 4.90 Å². The Balaban J connectivity index is 1.45. The molecule has 3 aliphatic heterocycles. The summed E-state index contributed by atoms with van der Waals surface area (Å²) in [5, 5.41) is 0. The molecule has 3 saturated heterocycles. The first-order valence-corrected chi connectivity index (χ1v) is 13.0. The zero-order valence-electron chi connectivity index (χ0n) is 21.6. The summed E-state index contributed by atoms with van der Waals surface area (Å²) in [5.74, 6) is -0.311. The van der Waals surface area contributed by atoms with Crippen LogP contribution in [0.1, 0.15) is 53.2 Å². The van der Waals surface area contributed by atoms with E-state index in [2.05, 4.69) is 4.90 Å². The van der Waals surface area contributed by atoms with E-state index in [1.165, 1.54) is 6.92 Å². The highest BCUT2D eigenvalue weighted by molar-refractivity contribution is 5.85. The summed E-state index contributed by atoms with van der Waals surface area (Å²) < 4.78 is 92.4. The van der Waals surface area contributed by atoms with Crippen LogP contribution in [-0.4, -0.2) is 66.7 Å². The second kappa shape index (κ2) is 10.4. The summed E-state index contributed by atoms with van der Waals surface area (Å²) >= 11 is 0. The van der Waals surface area contributed by atoms with Crippen molar-refractivity contribution in [3.8, 4) is 0 Å².